The van der Waals surface area contributed by atoms with Crippen LogP contribution >= 0.6 is 0 Å². The Kier molecular flexibility index (Phi) is 3.34. The van der Waals surface area contributed by atoms with E-state index in [0.717, 1.165) is 5.56 Å². The Labute approximate surface area is 115 Å². The molecule has 1 spiro atoms. The second-order valence-electron chi connectivity index (χ2n) is 6.38. The van der Waals surface area contributed by atoms with E-state index in [4.69, 9.17) is 0 Å². The maximum atomic E-state index is 11.4. The summed E-state index contributed by atoms with van der Waals surface area (Å²) < 4.78 is 0. The van der Waals surface area contributed by atoms with Crippen molar-refractivity contribution in [2.45, 2.75) is 45.4 Å². The SMILES string of the molecule is CC(=O)c1cccc(N2CC3(CCCCCC3)C2)c1. The molecule has 0 amide bonds. The summed E-state index contributed by atoms with van der Waals surface area (Å²) in [6.45, 7) is 4.02. The third-order valence-corrected chi connectivity index (χ3v) is 4.83. The van der Waals surface area contributed by atoms with Gasteiger partial charge < -0.3 is 4.90 Å². The van der Waals surface area contributed by atoms with Gasteiger partial charge in [-0.2, -0.15) is 0 Å². The van der Waals surface area contributed by atoms with Crippen molar-refractivity contribution in [1.82, 2.24) is 0 Å². The van der Waals surface area contributed by atoms with Crippen LogP contribution in [0.25, 0.3) is 0 Å². The first-order chi connectivity index (χ1) is 9.19. The van der Waals surface area contributed by atoms with E-state index in [1.807, 2.05) is 18.2 Å². The Morgan fingerprint density at radius 1 is 1.11 bits per heavy atom. The number of ketones is 1. The van der Waals surface area contributed by atoms with Crippen LogP contribution in [0.5, 0.6) is 0 Å². The number of carbonyl (C=O) groups is 1. The van der Waals surface area contributed by atoms with Crippen LogP contribution in [0, 0.1) is 5.41 Å². The second-order valence-corrected chi connectivity index (χ2v) is 6.38. The van der Waals surface area contributed by atoms with Gasteiger partial charge >= 0.3 is 0 Å². The molecule has 2 fully saturated rings. The highest BCUT2D eigenvalue weighted by Crippen LogP contribution is 2.44. The number of hydrogen-bond donors (Lipinski definition) is 0. The first kappa shape index (κ1) is 12.7. The molecule has 0 radical (unpaired) electrons. The average Bonchev–Trinajstić information content (AvgIpc) is 2.62. The summed E-state index contributed by atoms with van der Waals surface area (Å²) in [5, 5.41) is 0. The van der Waals surface area contributed by atoms with Gasteiger partial charge in [-0.15, -0.1) is 0 Å². The van der Waals surface area contributed by atoms with E-state index in [9.17, 15) is 4.79 Å². The zero-order chi connectivity index (χ0) is 13.3. The highest BCUT2D eigenvalue weighted by molar-refractivity contribution is 5.95. The number of benzene rings is 1. The van der Waals surface area contributed by atoms with Crippen molar-refractivity contribution >= 4 is 11.5 Å². The standard InChI is InChI=1S/C17H23NO/c1-14(19)15-7-6-8-16(11-15)18-12-17(13-18)9-4-2-3-5-10-17/h6-8,11H,2-5,9-10,12-13H2,1H3. The van der Waals surface area contributed by atoms with Gasteiger partial charge in [0.05, 0.1) is 0 Å². The monoisotopic (exact) mass is 257 g/mol. The van der Waals surface area contributed by atoms with Crippen molar-refractivity contribution in [2.24, 2.45) is 5.41 Å². The van der Waals surface area contributed by atoms with Crippen LogP contribution in [0.4, 0.5) is 5.69 Å². The molecule has 2 aliphatic rings. The van der Waals surface area contributed by atoms with E-state index in [0.29, 0.717) is 5.41 Å². The Hall–Kier alpha value is -1.31. The number of nitrogens with zero attached hydrogens (tertiary/aromatic N) is 1. The summed E-state index contributed by atoms with van der Waals surface area (Å²) in [6, 6.07) is 8.10. The van der Waals surface area contributed by atoms with E-state index in [2.05, 4.69) is 11.0 Å². The first-order valence-corrected chi connectivity index (χ1v) is 7.55. The molecule has 19 heavy (non-hydrogen) atoms. The molecule has 2 heteroatoms. The Morgan fingerprint density at radius 3 is 2.42 bits per heavy atom. The van der Waals surface area contributed by atoms with E-state index in [1.54, 1.807) is 6.92 Å². The fourth-order valence-corrected chi connectivity index (χ4v) is 3.66. The van der Waals surface area contributed by atoms with Crippen molar-refractivity contribution in [3.05, 3.63) is 29.8 Å². The van der Waals surface area contributed by atoms with Crippen LogP contribution in [0.2, 0.25) is 0 Å². The predicted octanol–water partition coefficient (Wildman–Crippen LogP) is 4.05. The molecule has 1 saturated heterocycles. The number of carbonyl (C=O) groups excluding carboxylic acids is 1. The third-order valence-electron chi connectivity index (χ3n) is 4.83. The van der Waals surface area contributed by atoms with Gasteiger partial charge in [0.1, 0.15) is 0 Å². The van der Waals surface area contributed by atoms with Gasteiger partial charge in [-0.1, -0.05) is 37.8 Å². The second kappa shape index (κ2) is 4.99. The Bertz CT molecular complexity index is 464. The molecule has 1 heterocycles. The van der Waals surface area contributed by atoms with Crippen molar-refractivity contribution in [2.75, 3.05) is 18.0 Å². The molecule has 1 saturated carbocycles. The first-order valence-electron chi connectivity index (χ1n) is 7.55. The van der Waals surface area contributed by atoms with Crippen molar-refractivity contribution < 1.29 is 4.79 Å². The molecule has 0 bridgehead atoms. The highest BCUT2D eigenvalue weighted by Gasteiger charge is 2.42. The number of rotatable bonds is 2. The van der Waals surface area contributed by atoms with Gasteiger partial charge in [-0.25, -0.2) is 0 Å². The van der Waals surface area contributed by atoms with Crippen molar-refractivity contribution in [3.8, 4) is 0 Å². The lowest BCUT2D eigenvalue weighted by molar-refractivity contribution is 0.101. The molecule has 1 aliphatic carbocycles. The quantitative estimate of drug-likeness (QED) is 0.745. The van der Waals surface area contributed by atoms with E-state index in [-0.39, 0.29) is 5.78 Å². The van der Waals surface area contributed by atoms with Gasteiger partial charge in [0.2, 0.25) is 0 Å². The molecule has 0 atom stereocenters. The summed E-state index contributed by atoms with van der Waals surface area (Å²) in [5.74, 6) is 0.159. The van der Waals surface area contributed by atoms with Crippen LogP contribution in [0.1, 0.15) is 55.8 Å². The minimum absolute atomic E-state index is 0.159. The number of Topliss-reactive ketones (excluding diaryl/α,β-unsaturated/α-hetero) is 1. The minimum atomic E-state index is 0.159. The smallest absolute Gasteiger partial charge is 0.159 e. The Morgan fingerprint density at radius 2 is 1.79 bits per heavy atom. The lowest BCUT2D eigenvalue weighted by Gasteiger charge is -2.51. The van der Waals surface area contributed by atoms with Gasteiger partial charge in [-0.05, 0) is 31.9 Å². The number of anilines is 1. The van der Waals surface area contributed by atoms with Gasteiger partial charge in [0, 0.05) is 29.8 Å². The molecular formula is C17H23NO. The average molecular weight is 257 g/mol. The van der Waals surface area contributed by atoms with Crippen molar-refractivity contribution in [3.63, 3.8) is 0 Å². The van der Waals surface area contributed by atoms with E-state index >= 15 is 0 Å². The van der Waals surface area contributed by atoms with Crippen molar-refractivity contribution in [1.29, 1.82) is 0 Å². The lowest BCUT2D eigenvalue weighted by Crippen LogP contribution is -2.56. The molecule has 3 rings (SSSR count). The van der Waals surface area contributed by atoms with Crippen LogP contribution in [-0.2, 0) is 0 Å². The molecule has 1 aromatic carbocycles. The summed E-state index contributed by atoms with van der Waals surface area (Å²) in [4.78, 5) is 13.9. The molecule has 2 nitrogen and oxygen atoms in total. The van der Waals surface area contributed by atoms with Crippen LogP contribution < -0.4 is 4.90 Å². The van der Waals surface area contributed by atoms with Gasteiger partial charge in [0.15, 0.2) is 5.78 Å². The topological polar surface area (TPSA) is 20.3 Å². The normalized spacial score (nSPS) is 21.8. The fourth-order valence-electron chi connectivity index (χ4n) is 3.66. The molecule has 1 aliphatic heterocycles. The zero-order valence-corrected chi connectivity index (χ0v) is 11.8. The van der Waals surface area contributed by atoms with Crippen LogP contribution in [-0.4, -0.2) is 18.9 Å². The lowest BCUT2D eigenvalue weighted by atomic mass is 9.73. The highest BCUT2D eigenvalue weighted by atomic mass is 16.1. The van der Waals surface area contributed by atoms with Gasteiger partial charge in [0.25, 0.3) is 0 Å². The predicted molar refractivity (Wildman–Crippen MR) is 78.8 cm³/mol. The van der Waals surface area contributed by atoms with Gasteiger partial charge in [-0.3, -0.25) is 4.79 Å². The minimum Gasteiger partial charge on any atom is -0.370 e. The van der Waals surface area contributed by atoms with E-state index in [1.165, 1.54) is 57.3 Å². The molecule has 0 unspecified atom stereocenters. The Balaban J connectivity index is 1.69. The zero-order valence-electron chi connectivity index (χ0n) is 11.8. The molecule has 0 N–H and O–H groups in total. The van der Waals surface area contributed by atoms with Crippen LogP contribution in [0.15, 0.2) is 24.3 Å². The molecule has 0 aromatic heterocycles. The summed E-state index contributed by atoms with van der Waals surface area (Å²) in [6.07, 6.45) is 8.44. The fraction of sp³-hybridized carbons (Fsp3) is 0.588. The molecule has 1 aromatic rings. The maximum absolute atomic E-state index is 11.4. The molecule has 102 valence electrons. The van der Waals surface area contributed by atoms with Crippen LogP contribution in [0.3, 0.4) is 0 Å². The summed E-state index contributed by atoms with van der Waals surface area (Å²) in [5.41, 5.74) is 2.64. The largest absolute Gasteiger partial charge is 0.370 e. The third kappa shape index (κ3) is 2.54. The number of hydrogen-bond acceptors (Lipinski definition) is 2. The maximum Gasteiger partial charge on any atom is 0.159 e. The summed E-state index contributed by atoms with van der Waals surface area (Å²) >= 11 is 0. The summed E-state index contributed by atoms with van der Waals surface area (Å²) in [7, 11) is 0. The molecular weight excluding hydrogens is 234 g/mol. The van der Waals surface area contributed by atoms with E-state index < -0.39 is 0 Å².